The first kappa shape index (κ1) is 20.1. The molecule has 1 heterocycles. The van der Waals surface area contributed by atoms with Gasteiger partial charge in [0.1, 0.15) is 5.69 Å². The molecule has 0 aliphatic heterocycles. The van der Waals surface area contributed by atoms with Crippen LogP contribution in [-0.2, 0) is 6.42 Å². The molecule has 0 saturated heterocycles. The monoisotopic (exact) mass is 375 g/mol. The van der Waals surface area contributed by atoms with Gasteiger partial charge in [0.25, 0.3) is 5.91 Å². The fourth-order valence-corrected chi connectivity index (χ4v) is 2.68. The van der Waals surface area contributed by atoms with Gasteiger partial charge in [-0.05, 0) is 64.2 Å². The molecule has 0 aliphatic rings. The van der Waals surface area contributed by atoms with E-state index in [0.29, 0.717) is 29.6 Å². The van der Waals surface area contributed by atoms with E-state index in [-0.39, 0.29) is 5.91 Å². The molecule has 2 rings (SSSR count). The molecule has 140 valence electrons. The molecule has 1 amide bonds. The smallest absolute Gasteiger partial charge is 0.270 e. The fraction of sp³-hybridized carbons (Fsp3) is 0.421. The fourth-order valence-electron chi connectivity index (χ4n) is 2.46. The molecule has 0 spiro atoms. The summed E-state index contributed by atoms with van der Waals surface area (Å²) in [7, 11) is 4.07. The Kier molecular flexibility index (Phi) is 7.81. The summed E-state index contributed by atoms with van der Waals surface area (Å²) in [4.78, 5) is 23.1. The second-order valence-electron chi connectivity index (χ2n) is 6.44. The molecule has 0 unspecified atom stereocenters. The molecule has 26 heavy (non-hydrogen) atoms. The van der Waals surface area contributed by atoms with Gasteiger partial charge in [0, 0.05) is 23.8 Å². The lowest BCUT2D eigenvalue weighted by molar-refractivity contribution is 0.0949. The molecule has 0 saturated carbocycles. The maximum Gasteiger partial charge on any atom is 0.270 e. The van der Waals surface area contributed by atoms with E-state index in [4.69, 9.17) is 11.6 Å². The predicted molar refractivity (Wildman–Crippen MR) is 106 cm³/mol. The largest absolute Gasteiger partial charge is 0.354 e. The lowest BCUT2D eigenvalue weighted by Crippen LogP contribution is -2.27. The van der Waals surface area contributed by atoms with Crippen LogP contribution in [0.25, 0.3) is 0 Å². The Morgan fingerprint density at radius 1 is 1.19 bits per heavy atom. The first-order chi connectivity index (χ1) is 12.4. The van der Waals surface area contributed by atoms with Crippen molar-refractivity contribution in [2.24, 2.45) is 0 Å². The van der Waals surface area contributed by atoms with Gasteiger partial charge in [0.05, 0.1) is 0 Å². The summed E-state index contributed by atoms with van der Waals surface area (Å²) in [6, 6.07) is 9.32. The van der Waals surface area contributed by atoms with E-state index < -0.39 is 0 Å². The summed E-state index contributed by atoms with van der Waals surface area (Å²) in [5.41, 5.74) is 2.22. The van der Waals surface area contributed by atoms with Gasteiger partial charge in [-0.15, -0.1) is 0 Å². The Hall–Kier alpha value is -2.18. The average Bonchev–Trinajstić information content (AvgIpc) is 2.58. The molecule has 2 N–H and O–H groups in total. The molecule has 0 atom stereocenters. The van der Waals surface area contributed by atoms with Crippen LogP contribution in [0.1, 0.15) is 28.2 Å². The SMILES string of the molecule is Cc1cc(C(=O)NCCc2cccc(Cl)c2)nc(NCCCN(C)C)n1. The molecule has 0 radical (unpaired) electrons. The minimum atomic E-state index is -0.200. The van der Waals surface area contributed by atoms with E-state index in [0.717, 1.165) is 30.8 Å². The van der Waals surface area contributed by atoms with Crippen LogP contribution in [-0.4, -0.2) is 54.5 Å². The van der Waals surface area contributed by atoms with Crippen molar-refractivity contribution in [1.29, 1.82) is 0 Å². The minimum Gasteiger partial charge on any atom is -0.354 e. The topological polar surface area (TPSA) is 70.2 Å². The number of aromatic nitrogens is 2. The van der Waals surface area contributed by atoms with Crippen molar-refractivity contribution < 1.29 is 4.79 Å². The van der Waals surface area contributed by atoms with Crippen molar-refractivity contribution in [3.63, 3.8) is 0 Å². The summed E-state index contributed by atoms with van der Waals surface area (Å²) in [6.45, 7) is 4.12. The lowest BCUT2D eigenvalue weighted by atomic mass is 10.1. The Labute approximate surface area is 160 Å². The van der Waals surface area contributed by atoms with Crippen molar-refractivity contribution in [2.45, 2.75) is 19.8 Å². The van der Waals surface area contributed by atoms with Crippen LogP contribution >= 0.6 is 11.6 Å². The van der Waals surface area contributed by atoms with Crippen LogP contribution in [0.15, 0.2) is 30.3 Å². The maximum absolute atomic E-state index is 12.4. The first-order valence-electron chi connectivity index (χ1n) is 8.71. The molecule has 0 bridgehead atoms. The molecular formula is C19H26ClN5O. The average molecular weight is 376 g/mol. The van der Waals surface area contributed by atoms with E-state index in [2.05, 4.69) is 25.5 Å². The van der Waals surface area contributed by atoms with Crippen LogP contribution < -0.4 is 10.6 Å². The van der Waals surface area contributed by atoms with Gasteiger partial charge in [-0.25, -0.2) is 9.97 Å². The summed E-state index contributed by atoms with van der Waals surface area (Å²) in [5.74, 6) is 0.289. The Bertz CT molecular complexity index is 736. The number of carbonyl (C=O) groups is 1. The van der Waals surface area contributed by atoms with Gasteiger partial charge in [-0.2, -0.15) is 0 Å². The number of amides is 1. The number of benzene rings is 1. The third kappa shape index (κ3) is 6.98. The van der Waals surface area contributed by atoms with Crippen LogP contribution in [0.3, 0.4) is 0 Å². The molecule has 6 nitrogen and oxygen atoms in total. The van der Waals surface area contributed by atoms with Gasteiger partial charge >= 0.3 is 0 Å². The van der Waals surface area contributed by atoms with E-state index in [9.17, 15) is 4.79 Å². The number of halogens is 1. The minimum absolute atomic E-state index is 0.200. The third-order valence-corrected chi connectivity index (χ3v) is 3.98. The van der Waals surface area contributed by atoms with Crippen LogP contribution in [0, 0.1) is 6.92 Å². The summed E-state index contributed by atoms with van der Waals surface area (Å²) in [5, 5.41) is 6.78. The number of hydrogen-bond donors (Lipinski definition) is 2. The summed E-state index contributed by atoms with van der Waals surface area (Å²) in [6.07, 6.45) is 1.69. The molecule has 2 aromatic rings. The van der Waals surface area contributed by atoms with E-state index >= 15 is 0 Å². The zero-order chi connectivity index (χ0) is 18.9. The molecule has 0 fully saturated rings. The summed E-state index contributed by atoms with van der Waals surface area (Å²) >= 11 is 5.97. The van der Waals surface area contributed by atoms with Gasteiger partial charge in [-0.3, -0.25) is 4.79 Å². The van der Waals surface area contributed by atoms with Gasteiger partial charge < -0.3 is 15.5 Å². The zero-order valence-corrected chi connectivity index (χ0v) is 16.3. The maximum atomic E-state index is 12.4. The van der Waals surface area contributed by atoms with Gasteiger partial charge in [0.2, 0.25) is 5.95 Å². The number of hydrogen-bond acceptors (Lipinski definition) is 5. The second-order valence-corrected chi connectivity index (χ2v) is 6.87. The highest BCUT2D eigenvalue weighted by molar-refractivity contribution is 6.30. The number of nitrogens with one attached hydrogen (secondary N) is 2. The second kappa shape index (κ2) is 10.1. The Morgan fingerprint density at radius 3 is 2.73 bits per heavy atom. The number of aryl methyl sites for hydroxylation is 1. The molecule has 0 aliphatic carbocycles. The lowest BCUT2D eigenvalue weighted by Gasteiger charge is -2.11. The van der Waals surface area contributed by atoms with E-state index in [1.54, 1.807) is 6.07 Å². The number of rotatable bonds is 9. The van der Waals surface area contributed by atoms with Crippen LogP contribution in [0.4, 0.5) is 5.95 Å². The summed E-state index contributed by atoms with van der Waals surface area (Å²) < 4.78 is 0. The molecular weight excluding hydrogens is 350 g/mol. The zero-order valence-electron chi connectivity index (χ0n) is 15.6. The van der Waals surface area contributed by atoms with E-state index in [1.807, 2.05) is 45.3 Å². The normalized spacial score (nSPS) is 10.8. The standard InChI is InChI=1S/C19H26ClN5O/c1-14-12-17(24-19(23-14)22-9-5-11-25(2)3)18(26)21-10-8-15-6-4-7-16(20)13-15/h4,6-7,12-13H,5,8-11H2,1-3H3,(H,21,26)(H,22,23,24). The number of anilines is 1. The Morgan fingerprint density at radius 2 is 2.00 bits per heavy atom. The Balaban J connectivity index is 1.87. The van der Waals surface area contributed by atoms with Gasteiger partial charge in [-0.1, -0.05) is 23.7 Å². The predicted octanol–water partition coefficient (Wildman–Crippen LogP) is 2.77. The van der Waals surface area contributed by atoms with Crippen molar-refractivity contribution in [2.75, 3.05) is 39.0 Å². The number of carbonyl (C=O) groups excluding carboxylic acids is 1. The quantitative estimate of drug-likeness (QED) is 0.659. The molecule has 7 heteroatoms. The van der Waals surface area contributed by atoms with Crippen molar-refractivity contribution in [3.05, 3.63) is 52.3 Å². The highest BCUT2D eigenvalue weighted by atomic mass is 35.5. The third-order valence-electron chi connectivity index (χ3n) is 3.74. The molecule has 1 aromatic carbocycles. The highest BCUT2D eigenvalue weighted by Crippen LogP contribution is 2.11. The molecule has 1 aromatic heterocycles. The van der Waals surface area contributed by atoms with Crippen molar-refractivity contribution >= 4 is 23.5 Å². The number of nitrogens with zero attached hydrogens (tertiary/aromatic N) is 3. The first-order valence-corrected chi connectivity index (χ1v) is 9.09. The van der Waals surface area contributed by atoms with Crippen molar-refractivity contribution in [3.8, 4) is 0 Å². The van der Waals surface area contributed by atoms with Crippen LogP contribution in [0.5, 0.6) is 0 Å². The highest BCUT2D eigenvalue weighted by Gasteiger charge is 2.10. The van der Waals surface area contributed by atoms with Crippen molar-refractivity contribution in [1.82, 2.24) is 20.2 Å². The van der Waals surface area contributed by atoms with Crippen LogP contribution in [0.2, 0.25) is 5.02 Å². The van der Waals surface area contributed by atoms with E-state index in [1.165, 1.54) is 0 Å². The van der Waals surface area contributed by atoms with Gasteiger partial charge in [0.15, 0.2) is 0 Å².